The first-order valence-corrected chi connectivity index (χ1v) is 14.5. The van der Waals surface area contributed by atoms with Crippen molar-refractivity contribution in [2.75, 3.05) is 23.3 Å². The van der Waals surface area contributed by atoms with E-state index in [1.165, 1.54) is 12.1 Å². The Bertz CT molecular complexity index is 1720. The van der Waals surface area contributed by atoms with Crippen molar-refractivity contribution in [3.05, 3.63) is 148 Å². The van der Waals surface area contributed by atoms with Crippen LogP contribution in [0, 0.1) is 0 Å². The minimum Gasteiger partial charge on any atom is -0.367 e. The third-order valence-corrected chi connectivity index (χ3v) is 7.87. The van der Waals surface area contributed by atoms with Gasteiger partial charge in [-0.1, -0.05) is 84.4 Å². The van der Waals surface area contributed by atoms with Crippen molar-refractivity contribution in [2.24, 2.45) is 0 Å². The fourth-order valence-electron chi connectivity index (χ4n) is 5.44. The van der Waals surface area contributed by atoms with Crippen LogP contribution in [0.4, 0.5) is 24.7 Å². The van der Waals surface area contributed by atoms with Gasteiger partial charge in [0.25, 0.3) is 5.91 Å². The molecule has 0 aliphatic carbocycles. The molecule has 5 nitrogen and oxygen atoms in total. The average Bonchev–Trinajstić information content (AvgIpc) is 3.04. The monoisotopic (exact) mass is 612 g/mol. The van der Waals surface area contributed by atoms with Crippen LogP contribution in [0.1, 0.15) is 38.7 Å². The number of carbonyl (C=O) groups excluding carboxylic acids is 1. The molecule has 222 valence electrons. The number of fused-ring (bicyclic) bond motifs is 1. The standard InChI is InChI=1S/C35H28ClF3N4O/c36-29-15-16-30(35(37,38)39)28(19-29)22-43-18-17-40-33-31(43)20-27(21-41-33)23-11-13-26(14-12-23)34(44)42-32(24-7-3-1-4-8-24)25-9-5-2-6-10-25/h1-16,19-21,32H,17-18,22H2,(H,40,41)(H,42,44). The predicted octanol–water partition coefficient (Wildman–Crippen LogP) is 8.37. The summed E-state index contributed by atoms with van der Waals surface area (Å²) in [5.41, 5.74) is 4.13. The summed E-state index contributed by atoms with van der Waals surface area (Å²) in [5.74, 6) is 0.384. The lowest BCUT2D eigenvalue weighted by Gasteiger charge is -2.32. The summed E-state index contributed by atoms with van der Waals surface area (Å²) >= 11 is 6.08. The van der Waals surface area contributed by atoms with Crippen molar-refractivity contribution in [3.8, 4) is 11.1 Å². The Kier molecular flexibility index (Phi) is 8.26. The molecule has 2 heterocycles. The summed E-state index contributed by atoms with van der Waals surface area (Å²) in [6.07, 6.45) is -2.78. The Hall–Kier alpha value is -4.82. The quantitative estimate of drug-likeness (QED) is 0.194. The number of anilines is 2. The lowest BCUT2D eigenvalue weighted by atomic mass is 9.98. The second kappa shape index (κ2) is 12.4. The largest absolute Gasteiger partial charge is 0.416 e. The van der Waals surface area contributed by atoms with Gasteiger partial charge in [-0.25, -0.2) is 4.98 Å². The Labute approximate surface area is 258 Å². The van der Waals surface area contributed by atoms with E-state index in [0.29, 0.717) is 30.2 Å². The first-order valence-electron chi connectivity index (χ1n) is 14.1. The number of nitrogens with zero attached hydrogens (tertiary/aromatic N) is 2. The van der Waals surface area contributed by atoms with Gasteiger partial charge in [-0.15, -0.1) is 0 Å². The van der Waals surface area contributed by atoms with Gasteiger partial charge < -0.3 is 15.5 Å². The fraction of sp³-hybridized carbons (Fsp3) is 0.143. The highest BCUT2D eigenvalue weighted by Crippen LogP contribution is 2.37. The summed E-state index contributed by atoms with van der Waals surface area (Å²) < 4.78 is 41.2. The molecule has 2 N–H and O–H groups in total. The van der Waals surface area contributed by atoms with Crippen LogP contribution in [-0.4, -0.2) is 24.0 Å². The SMILES string of the molecule is O=C(NC(c1ccccc1)c1ccccc1)c1ccc(-c2cnc3c(c2)N(Cc2cc(Cl)ccc2C(F)(F)F)CCN3)cc1. The molecule has 4 aromatic carbocycles. The molecule has 6 rings (SSSR count). The zero-order chi connectivity index (χ0) is 30.7. The van der Waals surface area contributed by atoms with Crippen LogP contribution in [0.25, 0.3) is 11.1 Å². The predicted molar refractivity (Wildman–Crippen MR) is 168 cm³/mol. The molecule has 1 amide bonds. The highest BCUT2D eigenvalue weighted by Gasteiger charge is 2.34. The Morgan fingerprint density at radius 3 is 2.18 bits per heavy atom. The van der Waals surface area contributed by atoms with E-state index >= 15 is 0 Å². The Morgan fingerprint density at radius 1 is 0.886 bits per heavy atom. The number of alkyl halides is 3. The van der Waals surface area contributed by atoms with Crippen LogP contribution >= 0.6 is 11.6 Å². The van der Waals surface area contributed by atoms with Crippen molar-refractivity contribution < 1.29 is 18.0 Å². The van der Waals surface area contributed by atoms with E-state index in [1.54, 1.807) is 18.3 Å². The van der Waals surface area contributed by atoms with Crippen LogP contribution in [0.3, 0.4) is 0 Å². The normalized spacial score (nSPS) is 12.9. The van der Waals surface area contributed by atoms with Crippen molar-refractivity contribution >= 4 is 29.0 Å². The number of carbonyl (C=O) groups is 1. The zero-order valence-electron chi connectivity index (χ0n) is 23.5. The van der Waals surface area contributed by atoms with E-state index in [2.05, 4.69) is 15.6 Å². The van der Waals surface area contributed by atoms with Gasteiger partial charge in [-0.2, -0.15) is 13.2 Å². The second-order valence-electron chi connectivity index (χ2n) is 10.5. The summed E-state index contributed by atoms with van der Waals surface area (Å²) in [7, 11) is 0. The van der Waals surface area contributed by atoms with Gasteiger partial charge >= 0.3 is 6.18 Å². The molecule has 5 aromatic rings. The number of pyridine rings is 1. The molecule has 0 saturated carbocycles. The third-order valence-electron chi connectivity index (χ3n) is 7.64. The van der Waals surface area contributed by atoms with Crippen molar-refractivity contribution in [1.29, 1.82) is 0 Å². The molecule has 0 fully saturated rings. The number of benzene rings is 4. The Balaban J connectivity index is 1.23. The highest BCUT2D eigenvalue weighted by atomic mass is 35.5. The van der Waals surface area contributed by atoms with Gasteiger partial charge in [0.1, 0.15) is 5.82 Å². The van der Waals surface area contributed by atoms with E-state index in [-0.39, 0.29) is 29.1 Å². The molecule has 1 aliphatic heterocycles. The van der Waals surface area contributed by atoms with Gasteiger partial charge in [-0.05, 0) is 58.7 Å². The number of aromatic nitrogens is 1. The number of amides is 1. The maximum Gasteiger partial charge on any atom is 0.416 e. The summed E-state index contributed by atoms with van der Waals surface area (Å²) in [6.45, 7) is 1.06. The number of hydrogen-bond donors (Lipinski definition) is 2. The van der Waals surface area contributed by atoms with Crippen molar-refractivity contribution in [1.82, 2.24) is 10.3 Å². The van der Waals surface area contributed by atoms with Crippen LogP contribution in [0.15, 0.2) is 115 Å². The minimum absolute atomic E-state index is 0.0261. The Morgan fingerprint density at radius 2 is 1.55 bits per heavy atom. The van der Waals surface area contributed by atoms with Crippen molar-refractivity contribution in [3.63, 3.8) is 0 Å². The molecule has 0 unspecified atom stereocenters. The summed E-state index contributed by atoms with van der Waals surface area (Å²) in [5, 5.41) is 6.64. The molecule has 0 atom stereocenters. The molecule has 0 bridgehead atoms. The lowest BCUT2D eigenvalue weighted by Crippen LogP contribution is -2.34. The summed E-state index contributed by atoms with van der Waals surface area (Å²) in [4.78, 5) is 19.8. The molecule has 9 heteroatoms. The van der Waals surface area contributed by atoms with Gasteiger partial charge in [0.15, 0.2) is 0 Å². The molecule has 0 radical (unpaired) electrons. The number of hydrogen-bond acceptors (Lipinski definition) is 4. The molecule has 1 aromatic heterocycles. The second-order valence-corrected chi connectivity index (χ2v) is 11.0. The number of rotatable bonds is 7. The number of halogens is 4. The van der Waals surface area contributed by atoms with Gasteiger partial charge in [0.2, 0.25) is 0 Å². The first-order chi connectivity index (χ1) is 21.3. The zero-order valence-corrected chi connectivity index (χ0v) is 24.2. The lowest BCUT2D eigenvalue weighted by molar-refractivity contribution is -0.138. The maximum absolute atomic E-state index is 13.7. The van der Waals surface area contributed by atoms with E-state index in [0.717, 1.165) is 28.3 Å². The van der Waals surface area contributed by atoms with Crippen LogP contribution in [0.2, 0.25) is 5.02 Å². The van der Waals surface area contributed by atoms with Crippen molar-refractivity contribution in [2.45, 2.75) is 18.8 Å². The van der Waals surface area contributed by atoms with E-state index < -0.39 is 11.7 Å². The smallest absolute Gasteiger partial charge is 0.367 e. The molecule has 0 spiro atoms. The van der Waals surface area contributed by atoms with E-state index in [4.69, 9.17) is 11.6 Å². The van der Waals surface area contributed by atoms with Gasteiger partial charge in [-0.3, -0.25) is 4.79 Å². The number of nitrogens with one attached hydrogen (secondary N) is 2. The topological polar surface area (TPSA) is 57.3 Å². The maximum atomic E-state index is 13.7. The average molecular weight is 613 g/mol. The van der Waals surface area contributed by atoms with E-state index in [9.17, 15) is 18.0 Å². The highest BCUT2D eigenvalue weighted by molar-refractivity contribution is 6.30. The van der Waals surface area contributed by atoms with Gasteiger partial charge in [0, 0.05) is 42.0 Å². The molecular weight excluding hydrogens is 585 g/mol. The summed E-state index contributed by atoms with van der Waals surface area (Å²) in [6, 6.07) is 32.0. The molecular formula is C35H28ClF3N4O. The minimum atomic E-state index is -4.49. The van der Waals surface area contributed by atoms with Crippen LogP contribution in [-0.2, 0) is 12.7 Å². The van der Waals surface area contributed by atoms with Crippen LogP contribution < -0.4 is 15.5 Å². The molecule has 44 heavy (non-hydrogen) atoms. The fourth-order valence-corrected chi connectivity index (χ4v) is 5.63. The third kappa shape index (κ3) is 6.40. The van der Waals surface area contributed by atoms with Gasteiger partial charge in [0.05, 0.1) is 17.3 Å². The molecule has 0 saturated heterocycles. The first kappa shape index (κ1) is 29.3. The molecule has 1 aliphatic rings. The van der Waals surface area contributed by atoms with E-state index in [1.807, 2.05) is 83.8 Å². The van der Waals surface area contributed by atoms with Crippen LogP contribution in [0.5, 0.6) is 0 Å².